The van der Waals surface area contributed by atoms with Crippen LogP contribution in [0.3, 0.4) is 0 Å². The second kappa shape index (κ2) is 12.8. The summed E-state index contributed by atoms with van der Waals surface area (Å²) in [4.78, 5) is 45.7. The van der Waals surface area contributed by atoms with Gasteiger partial charge in [0.05, 0.1) is 17.7 Å². The van der Waals surface area contributed by atoms with Crippen molar-refractivity contribution in [2.45, 2.75) is 111 Å². The first-order valence-corrected chi connectivity index (χ1v) is 17.1. The van der Waals surface area contributed by atoms with Crippen LogP contribution in [0.4, 0.5) is 4.79 Å². The molecular formula is C37H52N4O6. The van der Waals surface area contributed by atoms with E-state index in [2.05, 4.69) is 24.9 Å². The number of benzene rings is 1. The summed E-state index contributed by atoms with van der Waals surface area (Å²) in [6, 6.07) is 9.66. The molecule has 2 aromatic rings. The minimum absolute atomic E-state index is 0.0618. The lowest BCUT2D eigenvalue weighted by Gasteiger charge is -2.50. The number of amides is 1. The molecule has 3 aliphatic heterocycles. The number of rotatable bonds is 6. The zero-order valence-electron chi connectivity index (χ0n) is 29.7. The number of esters is 1. The van der Waals surface area contributed by atoms with Gasteiger partial charge in [0.1, 0.15) is 23.8 Å². The standard InChI is InChI=1S/C37H52N4O6/c1-11-29-37(9)32-23(3)30(22(2)21-36(8,45-10)35(6,7)25(5)31(42)24(4)33(43)46-29)39-40(41(32)34(44)47-37)20-14-15-26-18-19-38-28-17-13-12-16-27(26)28/h12-13,16-19,22-25,29,32H,11,14-15,20-21H2,1-10H3/t22-,23+,24-,25+,29-,32-,36-,37-/m1/s1. The van der Waals surface area contributed by atoms with Gasteiger partial charge in [-0.2, -0.15) is 15.2 Å². The Bertz CT molecular complexity index is 1550. The average Bonchev–Trinajstić information content (AvgIpc) is 3.33. The van der Waals surface area contributed by atoms with Gasteiger partial charge in [0, 0.05) is 41.7 Å². The van der Waals surface area contributed by atoms with E-state index in [9.17, 15) is 14.4 Å². The van der Waals surface area contributed by atoms with Gasteiger partial charge in [-0.25, -0.2) is 4.79 Å². The van der Waals surface area contributed by atoms with Gasteiger partial charge in [-0.15, -0.1) is 0 Å². The number of aromatic nitrogens is 1. The Morgan fingerprint density at radius 3 is 2.40 bits per heavy atom. The van der Waals surface area contributed by atoms with Crippen molar-refractivity contribution >= 4 is 34.5 Å². The third-order valence-electron chi connectivity index (χ3n) is 11.9. The number of fused-ring (bicyclic) bond motifs is 2. The molecule has 47 heavy (non-hydrogen) atoms. The van der Waals surface area contributed by atoms with Crippen LogP contribution in [-0.2, 0) is 30.2 Å². The molecule has 0 N–H and O–H groups in total. The highest BCUT2D eigenvalue weighted by Gasteiger charge is 2.63. The molecule has 2 bridgehead atoms. The van der Waals surface area contributed by atoms with E-state index in [1.165, 1.54) is 5.56 Å². The van der Waals surface area contributed by atoms with Crippen molar-refractivity contribution in [2.75, 3.05) is 13.7 Å². The van der Waals surface area contributed by atoms with Gasteiger partial charge >= 0.3 is 12.1 Å². The van der Waals surface area contributed by atoms with Gasteiger partial charge < -0.3 is 14.2 Å². The van der Waals surface area contributed by atoms with Crippen molar-refractivity contribution in [1.29, 1.82) is 0 Å². The number of hydrogen-bond acceptors (Lipinski definition) is 9. The molecule has 2 fully saturated rings. The second-order valence-corrected chi connectivity index (χ2v) is 14.8. The van der Waals surface area contributed by atoms with Crippen LogP contribution in [0.2, 0.25) is 0 Å². The molecule has 0 unspecified atom stereocenters. The molecular weight excluding hydrogens is 596 g/mol. The lowest BCUT2D eigenvalue weighted by atomic mass is 9.61. The van der Waals surface area contributed by atoms with Gasteiger partial charge in [0.15, 0.2) is 5.60 Å². The summed E-state index contributed by atoms with van der Waals surface area (Å²) >= 11 is 0. The van der Waals surface area contributed by atoms with Crippen molar-refractivity contribution in [3.8, 4) is 0 Å². The van der Waals surface area contributed by atoms with Crippen molar-refractivity contribution in [1.82, 2.24) is 15.1 Å². The van der Waals surface area contributed by atoms with Gasteiger partial charge in [0.25, 0.3) is 0 Å². The van der Waals surface area contributed by atoms with E-state index in [-0.39, 0.29) is 17.6 Å². The maximum atomic E-state index is 13.8. The lowest BCUT2D eigenvalue weighted by Crippen LogP contribution is -2.63. The average molecular weight is 649 g/mol. The number of Topliss-reactive ketones (excluding diaryl/α,β-unsaturated/α-hetero) is 1. The summed E-state index contributed by atoms with van der Waals surface area (Å²) in [6.07, 6.45) is 3.05. The molecule has 1 aromatic carbocycles. The molecule has 0 saturated carbocycles. The van der Waals surface area contributed by atoms with Crippen molar-refractivity contribution in [2.24, 2.45) is 34.2 Å². The molecule has 1 amide bonds. The van der Waals surface area contributed by atoms with Crippen molar-refractivity contribution < 1.29 is 28.6 Å². The van der Waals surface area contributed by atoms with Crippen LogP contribution < -0.4 is 0 Å². The number of cyclic esters (lactones) is 1. The smallest absolute Gasteiger partial charge is 0.431 e. The maximum Gasteiger partial charge on any atom is 0.431 e. The minimum atomic E-state index is -1.18. The predicted molar refractivity (Wildman–Crippen MR) is 180 cm³/mol. The predicted octanol–water partition coefficient (Wildman–Crippen LogP) is 6.60. The van der Waals surface area contributed by atoms with E-state index < -0.39 is 52.7 Å². The number of hydrogen-bond donors (Lipinski definition) is 0. The Labute approximate surface area is 279 Å². The normalized spacial score (nSPS) is 34.5. The van der Waals surface area contributed by atoms with Crippen LogP contribution in [0, 0.1) is 29.1 Å². The quantitative estimate of drug-likeness (QED) is 0.255. The molecule has 5 rings (SSSR count). The molecule has 2 saturated heterocycles. The molecule has 1 aromatic heterocycles. The van der Waals surface area contributed by atoms with E-state index in [0.717, 1.165) is 29.5 Å². The van der Waals surface area contributed by atoms with Crippen LogP contribution in [0.15, 0.2) is 41.6 Å². The third kappa shape index (κ3) is 5.80. The van der Waals surface area contributed by atoms with Crippen LogP contribution in [0.5, 0.6) is 0 Å². The molecule has 10 nitrogen and oxygen atoms in total. The fourth-order valence-corrected chi connectivity index (χ4v) is 8.23. The van der Waals surface area contributed by atoms with Gasteiger partial charge in [-0.05, 0) is 70.1 Å². The Kier molecular flexibility index (Phi) is 9.49. The summed E-state index contributed by atoms with van der Waals surface area (Å²) in [6.45, 7) is 18.1. The molecule has 10 heteroatoms. The number of pyridine rings is 1. The first-order chi connectivity index (χ1) is 22.1. The monoisotopic (exact) mass is 648 g/mol. The van der Waals surface area contributed by atoms with E-state index in [0.29, 0.717) is 19.4 Å². The van der Waals surface area contributed by atoms with Gasteiger partial charge in [-0.3, -0.25) is 14.6 Å². The van der Waals surface area contributed by atoms with Gasteiger partial charge in [0.2, 0.25) is 0 Å². The summed E-state index contributed by atoms with van der Waals surface area (Å²) in [5.41, 5.74) is 0.520. The first kappa shape index (κ1) is 34.8. The number of carbonyl (C=O) groups excluding carboxylic acids is 3. The van der Waals surface area contributed by atoms with Crippen LogP contribution >= 0.6 is 0 Å². The summed E-state index contributed by atoms with van der Waals surface area (Å²) in [5, 5.41) is 9.70. The van der Waals surface area contributed by atoms with Crippen molar-refractivity contribution in [3.05, 3.63) is 42.1 Å². The first-order valence-electron chi connectivity index (χ1n) is 17.1. The summed E-state index contributed by atoms with van der Waals surface area (Å²) < 4.78 is 18.6. The van der Waals surface area contributed by atoms with E-state index in [1.807, 2.05) is 72.0 Å². The highest BCUT2D eigenvalue weighted by Crippen LogP contribution is 2.48. The highest BCUT2D eigenvalue weighted by molar-refractivity contribution is 6.00. The molecule has 8 atom stereocenters. The van der Waals surface area contributed by atoms with E-state index in [1.54, 1.807) is 24.2 Å². The number of hydrazine groups is 1. The maximum absolute atomic E-state index is 13.8. The number of hydrazone groups is 1. The molecule has 0 radical (unpaired) electrons. The minimum Gasteiger partial charge on any atom is -0.457 e. The number of ether oxygens (including phenoxy) is 3. The number of para-hydroxylation sites is 1. The molecule has 0 spiro atoms. The number of methoxy groups -OCH3 is 1. The zero-order chi connectivity index (χ0) is 34.5. The number of aryl methyl sites for hydroxylation is 1. The Morgan fingerprint density at radius 2 is 1.72 bits per heavy atom. The summed E-state index contributed by atoms with van der Waals surface area (Å²) in [7, 11) is 1.68. The SMILES string of the molecule is CC[C@H]1OC(=O)[C@H](C)C(=O)[C@H](C)C(C)(C)[C@](C)(OC)C[C@@H](C)C2=NN(CCCc3ccnc4ccccc34)N3C(=O)O[C@@]1(C)[C@H]3[C@H]2C. The number of ketones is 1. The van der Waals surface area contributed by atoms with E-state index in [4.69, 9.17) is 19.3 Å². The van der Waals surface area contributed by atoms with Crippen molar-refractivity contribution in [3.63, 3.8) is 0 Å². The number of nitrogens with zero attached hydrogens (tertiary/aromatic N) is 4. The Hall–Kier alpha value is -3.53. The fraction of sp³-hybridized carbons (Fsp3) is 0.649. The molecule has 3 aliphatic rings. The Balaban J connectivity index is 1.57. The topological polar surface area (TPSA) is 111 Å². The van der Waals surface area contributed by atoms with Crippen LogP contribution in [-0.4, -0.2) is 75.7 Å². The highest BCUT2D eigenvalue weighted by atomic mass is 16.6. The fourth-order valence-electron chi connectivity index (χ4n) is 8.23. The zero-order valence-corrected chi connectivity index (χ0v) is 29.7. The largest absolute Gasteiger partial charge is 0.457 e. The third-order valence-corrected chi connectivity index (χ3v) is 11.9. The Morgan fingerprint density at radius 1 is 1.02 bits per heavy atom. The van der Waals surface area contributed by atoms with E-state index >= 15 is 0 Å². The van der Waals surface area contributed by atoms with Gasteiger partial charge in [-0.1, -0.05) is 59.7 Å². The van der Waals surface area contributed by atoms with Crippen LogP contribution in [0.1, 0.15) is 87.1 Å². The summed E-state index contributed by atoms with van der Waals surface area (Å²) in [5.74, 6) is -2.56. The number of carbonyl (C=O) groups is 3. The second-order valence-electron chi connectivity index (χ2n) is 14.8. The molecule has 0 aliphatic carbocycles. The molecule has 256 valence electrons. The lowest BCUT2D eigenvalue weighted by molar-refractivity contribution is -0.174. The van der Waals surface area contributed by atoms with Crippen LogP contribution in [0.25, 0.3) is 10.9 Å². The molecule has 4 heterocycles.